The van der Waals surface area contributed by atoms with Crippen LogP contribution in [-0.4, -0.2) is 53.4 Å². The number of nitrogens with zero attached hydrogens (tertiary/aromatic N) is 2. The number of Topliss-reactive ketones (excluding diaryl/α,β-unsaturated/α-hetero) is 1. The largest absolute Gasteiger partial charge is 0.370 e. The van der Waals surface area contributed by atoms with Crippen molar-refractivity contribution in [1.29, 1.82) is 0 Å². The Bertz CT molecular complexity index is 501. The number of nitrogens with two attached hydrogens (primary N) is 3. The van der Waals surface area contributed by atoms with Gasteiger partial charge in [0.15, 0.2) is 23.6 Å². The molecule has 1 atom stereocenters. The summed E-state index contributed by atoms with van der Waals surface area (Å²) in [6.45, 7) is -0.271. The summed E-state index contributed by atoms with van der Waals surface area (Å²) in [5.74, 6) is -1.87. The number of rotatable bonds is 6. The second kappa shape index (κ2) is 7.64. The SMILES string of the molecule is NCC(=O)N1C(=O)CCCC(=O)[C@@]1(C=O)CCCN=C(N)N. The van der Waals surface area contributed by atoms with Gasteiger partial charge in [-0.05, 0) is 19.3 Å². The lowest BCUT2D eigenvalue weighted by atomic mass is 9.86. The minimum Gasteiger partial charge on any atom is -0.370 e. The Kier molecular flexibility index (Phi) is 6.17. The zero-order chi connectivity index (χ0) is 16.8. The van der Waals surface area contributed by atoms with Crippen molar-refractivity contribution in [2.75, 3.05) is 13.1 Å². The molecule has 0 aliphatic carbocycles. The first kappa shape index (κ1) is 17.8. The van der Waals surface area contributed by atoms with E-state index >= 15 is 0 Å². The van der Waals surface area contributed by atoms with Crippen LogP contribution in [0.3, 0.4) is 0 Å². The third-order valence-corrected chi connectivity index (χ3v) is 3.56. The zero-order valence-corrected chi connectivity index (χ0v) is 12.3. The normalized spacial score (nSPS) is 22.1. The van der Waals surface area contributed by atoms with Crippen LogP contribution >= 0.6 is 0 Å². The van der Waals surface area contributed by atoms with Crippen LogP contribution < -0.4 is 17.2 Å². The maximum atomic E-state index is 12.4. The van der Waals surface area contributed by atoms with Crippen LogP contribution in [0, 0.1) is 0 Å². The Morgan fingerprint density at radius 1 is 1.32 bits per heavy atom. The fourth-order valence-electron chi connectivity index (χ4n) is 2.51. The summed E-state index contributed by atoms with van der Waals surface area (Å²) < 4.78 is 0. The molecule has 1 saturated heterocycles. The predicted molar refractivity (Wildman–Crippen MR) is 78.5 cm³/mol. The van der Waals surface area contributed by atoms with Gasteiger partial charge in [-0.25, -0.2) is 0 Å². The number of carbonyl (C=O) groups excluding carboxylic acids is 4. The summed E-state index contributed by atoms with van der Waals surface area (Å²) in [4.78, 5) is 52.7. The van der Waals surface area contributed by atoms with Crippen molar-refractivity contribution in [2.45, 2.75) is 37.6 Å². The van der Waals surface area contributed by atoms with E-state index in [0.29, 0.717) is 12.7 Å². The Morgan fingerprint density at radius 3 is 2.55 bits per heavy atom. The maximum absolute atomic E-state index is 12.4. The third-order valence-electron chi connectivity index (χ3n) is 3.56. The summed E-state index contributed by atoms with van der Waals surface area (Å²) in [5, 5.41) is 0. The minimum absolute atomic E-state index is 0.0242. The quantitative estimate of drug-likeness (QED) is 0.169. The van der Waals surface area contributed by atoms with Gasteiger partial charge in [-0.15, -0.1) is 0 Å². The molecule has 0 aromatic carbocycles. The van der Waals surface area contributed by atoms with Crippen molar-refractivity contribution in [3.05, 3.63) is 0 Å². The van der Waals surface area contributed by atoms with Gasteiger partial charge < -0.3 is 22.0 Å². The van der Waals surface area contributed by atoms with E-state index in [4.69, 9.17) is 17.2 Å². The number of ketones is 1. The molecule has 0 aromatic heterocycles. The molecule has 0 unspecified atom stereocenters. The van der Waals surface area contributed by atoms with Gasteiger partial charge in [-0.2, -0.15) is 0 Å². The first-order valence-electron chi connectivity index (χ1n) is 7.00. The van der Waals surface area contributed by atoms with E-state index in [9.17, 15) is 19.2 Å². The molecule has 0 aromatic rings. The van der Waals surface area contributed by atoms with Crippen molar-refractivity contribution in [3.8, 4) is 0 Å². The minimum atomic E-state index is -1.80. The highest BCUT2D eigenvalue weighted by Crippen LogP contribution is 2.28. The van der Waals surface area contributed by atoms with Crippen LogP contribution in [-0.2, 0) is 19.2 Å². The highest BCUT2D eigenvalue weighted by Gasteiger charge is 2.49. The summed E-state index contributed by atoms with van der Waals surface area (Å²) in [5.41, 5.74) is 13.9. The fourth-order valence-corrected chi connectivity index (χ4v) is 2.51. The number of aliphatic imine (C=N–C) groups is 1. The van der Waals surface area contributed by atoms with Crippen molar-refractivity contribution in [1.82, 2.24) is 4.90 Å². The number of guanidine groups is 1. The molecule has 2 amide bonds. The molecule has 6 N–H and O–H groups in total. The second-order valence-corrected chi connectivity index (χ2v) is 5.06. The smallest absolute Gasteiger partial charge is 0.244 e. The van der Waals surface area contributed by atoms with Crippen LogP contribution in [0.4, 0.5) is 0 Å². The number of hydrogen-bond donors (Lipinski definition) is 3. The van der Waals surface area contributed by atoms with E-state index in [1.165, 1.54) is 0 Å². The van der Waals surface area contributed by atoms with E-state index < -0.39 is 29.7 Å². The van der Waals surface area contributed by atoms with Crippen molar-refractivity contribution < 1.29 is 19.2 Å². The van der Waals surface area contributed by atoms with Crippen molar-refractivity contribution in [2.24, 2.45) is 22.2 Å². The van der Waals surface area contributed by atoms with Gasteiger partial charge in [0.1, 0.15) is 0 Å². The van der Waals surface area contributed by atoms with Gasteiger partial charge in [0.25, 0.3) is 0 Å². The van der Waals surface area contributed by atoms with Gasteiger partial charge in [0, 0.05) is 19.4 Å². The van der Waals surface area contributed by atoms with Gasteiger partial charge in [-0.1, -0.05) is 0 Å². The second-order valence-electron chi connectivity index (χ2n) is 5.06. The molecule has 1 aliphatic heterocycles. The topological polar surface area (TPSA) is 162 Å². The lowest BCUT2D eigenvalue weighted by Crippen LogP contribution is -2.60. The van der Waals surface area contributed by atoms with E-state index in [0.717, 1.165) is 4.90 Å². The summed E-state index contributed by atoms with van der Waals surface area (Å²) in [6.07, 6.45) is 0.993. The van der Waals surface area contributed by atoms with E-state index in [1.807, 2.05) is 0 Å². The molecule has 0 radical (unpaired) electrons. The van der Waals surface area contributed by atoms with E-state index in [-0.39, 0.29) is 38.2 Å². The monoisotopic (exact) mass is 311 g/mol. The molecule has 0 spiro atoms. The average molecular weight is 311 g/mol. The molecule has 1 heterocycles. The lowest BCUT2D eigenvalue weighted by Gasteiger charge is -2.35. The van der Waals surface area contributed by atoms with Crippen LogP contribution in [0.25, 0.3) is 0 Å². The van der Waals surface area contributed by atoms with E-state index in [2.05, 4.69) is 4.99 Å². The van der Waals surface area contributed by atoms with Crippen molar-refractivity contribution in [3.63, 3.8) is 0 Å². The number of carbonyl (C=O) groups is 4. The molecule has 9 heteroatoms. The molecular weight excluding hydrogens is 290 g/mol. The molecule has 1 fully saturated rings. The summed E-state index contributed by atoms with van der Waals surface area (Å²) in [7, 11) is 0. The number of imide groups is 1. The first-order valence-corrected chi connectivity index (χ1v) is 7.00. The maximum Gasteiger partial charge on any atom is 0.244 e. The van der Waals surface area contributed by atoms with Gasteiger partial charge in [-0.3, -0.25) is 24.3 Å². The molecule has 22 heavy (non-hydrogen) atoms. The van der Waals surface area contributed by atoms with Crippen LogP contribution in [0.1, 0.15) is 32.1 Å². The molecule has 0 bridgehead atoms. The Balaban J connectivity index is 3.11. The molecular formula is C13H21N5O4. The summed E-state index contributed by atoms with van der Waals surface area (Å²) >= 11 is 0. The van der Waals surface area contributed by atoms with Gasteiger partial charge in [0.2, 0.25) is 11.8 Å². The number of aldehydes is 1. The molecule has 9 nitrogen and oxygen atoms in total. The highest BCUT2D eigenvalue weighted by atomic mass is 16.2. The van der Waals surface area contributed by atoms with Crippen molar-refractivity contribution >= 4 is 29.8 Å². The fraction of sp³-hybridized carbons (Fsp3) is 0.615. The molecule has 0 saturated carbocycles. The van der Waals surface area contributed by atoms with Gasteiger partial charge >= 0.3 is 0 Å². The average Bonchev–Trinajstić information content (AvgIpc) is 2.60. The molecule has 1 aliphatic rings. The lowest BCUT2D eigenvalue weighted by molar-refractivity contribution is -0.158. The van der Waals surface area contributed by atoms with E-state index in [1.54, 1.807) is 0 Å². The van der Waals surface area contributed by atoms with Crippen LogP contribution in [0.15, 0.2) is 4.99 Å². The first-order chi connectivity index (χ1) is 10.4. The summed E-state index contributed by atoms with van der Waals surface area (Å²) in [6, 6.07) is 0. The Labute approximate surface area is 127 Å². The third kappa shape index (κ3) is 3.67. The Morgan fingerprint density at radius 2 is 2.00 bits per heavy atom. The number of likely N-dealkylation sites (tertiary alicyclic amines) is 1. The molecule has 122 valence electrons. The number of amides is 2. The standard InChI is InChI=1S/C13H21N5O4/c14-7-11(22)18-10(21)4-1-3-9(20)13(18,8-19)5-2-6-17-12(15)16/h8H,1-7,14H2,(H4,15,16,17)/t13-/m0/s1. The molecule has 1 rings (SSSR count). The highest BCUT2D eigenvalue weighted by molar-refractivity contribution is 6.13. The number of hydrogen-bond acceptors (Lipinski definition) is 6. The predicted octanol–water partition coefficient (Wildman–Crippen LogP) is -1.96. The van der Waals surface area contributed by atoms with Gasteiger partial charge in [0.05, 0.1) is 6.54 Å². The zero-order valence-electron chi connectivity index (χ0n) is 12.3. The Hall–Kier alpha value is -2.29. The van der Waals surface area contributed by atoms with Crippen LogP contribution in [0.5, 0.6) is 0 Å². The van der Waals surface area contributed by atoms with Crippen LogP contribution in [0.2, 0.25) is 0 Å².